The molecule has 0 aliphatic heterocycles. The minimum absolute atomic E-state index is 0.164. The molecule has 7 heteroatoms. The Bertz CT molecular complexity index is 600. The van der Waals surface area contributed by atoms with Crippen LogP contribution in [0, 0.1) is 0 Å². The van der Waals surface area contributed by atoms with Gasteiger partial charge in [-0.3, -0.25) is 4.79 Å². The number of ether oxygens (including phenoxy) is 2. The minimum atomic E-state index is -0.568. The van der Waals surface area contributed by atoms with Gasteiger partial charge in [-0.2, -0.15) is 4.98 Å². The second-order valence-electron chi connectivity index (χ2n) is 4.90. The van der Waals surface area contributed by atoms with Gasteiger partial charge in [0.15, 0.2) is 5.82 Å². The molecule has 0 bridgehead atoms. The van der Waals surface area contributed by atoms with Crippen LogP contribution < -0.4 is 5.32 Å². The molecule has 1 heterocycles. The van der Waals surface area contributed by atoms with E-state index in [0.29, 0.717) is 31.5 Å². The first kappa shape index (κ1) is 17.1. The molecular weight excluding hydrogens is 298 g/mol. The van der Waals surface area contributed by atoms with E-state index in [2.05, 4.69) is 15.5 Å². The number of carbonyl (C=O) groups is 1. The van der Waals surface area contributed by atoms with Crippen LogP contribution in [0.25, 0.3) is 0 Å². The zero-order valence-electron chi connectivity index (χ0n) is 13.3. The number of hydrogen-bond acceptors (Lipinski definition) is 6. The van der Waals surface area contributed by atoms with Gasteiger partial charge in [0.1, 0.15) is 12.7 Å². The topological polar surface area (TPSA) is 86.5 Å². The Hall–Kier alpha value is -2.25. The lowest BCUT2D eigenvalue weighted by atomic mass is 10.2. The van der Waals surface area contributed by atoms with Crippen molar-refractivity contribution in [2.24, 2.45) is 0 Å². The van der Waals surface area contributed by atoms with E-state index in [1.54, 1.807) is 6.92 Å². The molecule has 1 N–H and O–H groups in total. The number of aromatic nitrogens is 2. The molecule has 0 aliphatic rings. The van der Waals surface area contributed by atoms with Crippen LogP contribution in [0.1, 0.15) is 31.1 Å². The van der Waals surface area contributed by atoms with Crippen LogP contribution in [0.3, 0.4) is 0 Å². The normalized spacial score (nSPS) is 12.1. The second kappa shape index (κ2) is 9.02. The molecule has 0 saturated carbocycles. The van der Waals surface area contributed by atoms with Crippen LogP contribution in [0.15, 0.2) is 34.9 Å². The summed E-state index contributed by atoms with van der Waals surface area (Å²) in [4.78, 5) is 16.1. The molecule has 0 radical (unpaired) electrons. The van der Waals surface area contributed by atoms with Crippen molar-refractivity contribution in [2.45, 2.75) is 39.7 Å². The fourth-order valence-corrected chi connectivity index (χ4v) is 1.79. The first-order valence-electron chi connectivity index (χ1n) is 7.51. The zero-order valence-corrected chi connectivity index (χ0v) is 13.3. The largest absolute Gasteiger partial charge is 0.374 e. The van der Waals surface area contributed by atoms with Crippen LogP contribution in [-0.4, -0.2) is 28.8 Å². The molecule has 1 aromatic heterocycles. The molecule has 1 atom stereocenters. The Kier molecular flexibility index (Phi) is 6.71. The molecule has 7 nitrogen and oxygen atoms in total. The third-order valence-electron chi connectivity index (χ3n) is 3.07. The molecule has 0 saturated heterocycles. The summed E-state index contributed by atoms with van der Waals surface area (Å²) in [7, 11) is 0. The summed E-state index contributed by atoms with van der Waals surface area (Å²) in [5.41, 5.74) is 1.02. The molecule has 23 heavy (non-hydrogen) atoms. The summed E-state index contributed by atoms with van der Waals surface area (Å²) >= 11 is 0. The third kappa shape index (κ3) is 5.80. The van der Waals surface area contributed by atoms with E-state index >= 15 is 0 Å². The fraction of sp³-hybridized carbons (Fsp3) is 0.438. The molecule has 0 aliphatic carbocycles. The van der Waals surface area contributed by atoms with Crippen molar-refractivity contribution in [3.8, 4) is 0 Å². The van der Waals surface area contributed by atoms with Gasteiger partial charge in [0.2, 0.25) is 11.8 Å². The van der Waals surface area contributed by atoms with E-state index in [1.165, 1.54) is 0 Å². The summed E-state index contributed by atoms with van der Waals surface area (Å²) < 4.78 is 15.7. The molecule has 1 aromatic carbocycles. The minimum Gasteiger partial charge on any atom is -0.374 e. The maximum Gasteiger partial charge on any atom is 0.249 e. The van der Waals surface area contributed by atoms with Gasteiger partial charge in [0.05, 0.1) is 13.2 Å². The molecule has 0 spiro atoms. The third-order valence-corrected chi connectivity index (χ3v) is 3.07. The summed E-state index contributed by atoms with van der Waals surface area (Å²) in [6, 6.07) is 9.69. The highest BCUT2D eigenvalue weighted by Crippen LogP contribution is 2.04. The number of rotatable bonds is 9. The zero-order chi connectivity index (χ0) is 16.5. The van der Waals surface area contributed by atoms with Crippen molar-refractivity contribution in [2.75, 3.05) is 6.61 Å². The predicted octanol–water partition coefficient (Wildman–Crippen LogP) is 1.83. The number of amides is 1. The Balaban J connectivity index is 1.72. The van der Waals surface area contributed by atoms with Gasteiger partial charge in [-0.1, -0.05) is 35.5 Å². The number of benzene rings is 1. The Morgan fingerprint density at radius 1 is 1.30 bits per heavy atom. The lowest BCUT2D eigenvalue weighted by Gasteiger charge is -2.12. The maximum absolute atomic E-state index is 12.0. The second-order valence-corrected chi connectivity index (χ2v) is 4.90. The van der Waals surface area contributed by atoms with Crippen molar-refractivity contribution in [1.82, 2.24) is 15.5 Å². The summed E-state index contributed by atoms with van der Waals surface area (Å²) in [6.45, 7) is 5.01. The highest BCUT2D eigenvalue weighted by Gasteiger charge is 2.15. The van der Waals surface area contributed by atoms with Gasteiger partial charge in [0, 0.05) is 6.61 Å². The summed E-state index contributed by atoms with van der Waals surface area (Å²) in [6.07, 6.45) is -0.568. The van der Waals surface area contributed by atoms with E-state index in [4.69, 9.17) is 14.0 Å². The number of carbonyl (C=O) groups excluding carboxylic acids is 1. The van der Waals surface area contributed by atoms with Crippen molar-refractivity contribution in [3.63, 3.8) is 0 Å². The smallest absolute Gasteiger partial charge is 0.249 e. The van der Waals surface area contributed by atoms with Gasteiger partial charge < -0.3 is 19.3 Å². The number of nitrogens with zero attached hydrogens (tertiary/aromatic N) is 2. The van der Waals surface area contributed by atoms with Gasteiger partial charge >= 0.3 is 0 Å². The van der Waals surface area contributed by atoms with E-state index in [1.807, 2.05) is 37.3 Å². The molecule has 0 unspecified atom stereocenters. The van der Waals surface area contributed by atoms with Gasteiger partial charge in [0.25, 0.3) is 0 Å². The molecule has 124 valence electrons. The summed E-state index contributed by atoms with van der Waals surface area (Å²) in [5, 5.41) is 6.46. The van der Waals surface area contributed by atoms with Crippen LogP contribution in [-0.2, 0) is 34.0 Å². The highest BCUT2D eigenvalue weighted by molar-refractivity contribution is 5.80. The maximum atomic E-state index is 12.0. The highest BCUT2D eigenvalue weighted by atomic mass is 16.5. The molecule has 0 fully saturated rings. The number of hydrogen-bond donors (Lipinski definition) is 1. The lowest BCUT2D eigenvalue weighted by molar-refractivity contribution is -0.132. The average molecular weight is 319 g/mol. The van der Waals surface area contributed by atoms with Crippen molar-refractivity contribution in [3.05, 3.63) is 47.6 Å². The molecule has 1 amide bonds. The van der Waals surface area contributed by atoms with Crippen molar-refractivity contribution < 1.29 is 18.8 Å². The van der Waals surface area contributed by atoms with E-state index in [0.717, 1.165) is 5.56 Å². The summed E-state index contributed by atoms with van der Waals surface area (Å²) in [5.74, 6) is 0.568. The van der Waals surface area contributed by atoms with Crippen LogP contribution in [0.5, 0.6) is 0 Å². The predicted molar refractivity (Wildman–Crippen MR) is 82.2 cm³/mol. The quantitative estimate of drug-likeness (QED) is 0.759. The van der Waals surface area contributed by atoms with Gasteiger partial charge in [-0.05, 0) is 19.4 Å². The van der Waals surface area contributed by atoms with Crippen molar-refractivity contribution in [1.29, 1.82) is 0 Å². The average Bonchev–Trinajstić information content (AvgIpc) is 3.04. The molecular formula is C16H21N3O4. The standard InChI is InChI=1S/C16H21N3O4/c1-3-21-11-14-18-15(23-19-14)9-17-16(20)12(2)22-10-13-7-5-4-6-8-13/h4-8,12H,3,9-11H2,1-2H3,(H,17,20)/t12-/m0/s1. The number of nitrogens with one attached hydrogen (secondary N) is 1. The Morgan fingerprint density at radius 3 is 2.83 bits per heavy atom. The monoisotopic (exact) mass is 319 g/mol. The Labute approximate surface area is 135 Å². The van der Waals surface area contributed by atoms with Crippen LogP contribution in [0.4, 0.5) is 0 Å². The van der Waals surface area contributed by atoms with Gasteiger partial charge in [-0.15, -0.1) is 0 Å². The molecule has 2 aromatic rings. The van der Waals surface area contributed by atoms with E-state index in [-0.39, 0.29) is 12.5 Å². The fourth-order valence-electron chi connectivity index (χ4n) is 1.79. The lowest BCUT2D eigenvalue weighted by Crippen LogP contribution is -2.34. The van der Waals surface area contributed by atoms with Crippen molar-refractivity contribution >= 4 is 5.91 Å². The first-order chi connectivity index (χ1) is 11.2. The van der Waals surface area contributed by atoms with Gasteiger partial charge in [-0.25, -0.2) is 0 Å². The SMILES string of the molecule is CCOCc1noc(CNC(=O)[C@H](C)OCc2ccccc2)n1. The van der Waals surface area contributed by atoms with E-state index < -0.39 is 6.10 Å². The first-order valence-corrected chi connectivity index (χ1v) is 7.51. The van der Waals surface area contributed by atoms with Crippen LogP contribution >= 0.6 is 0 Å². The Morgan fingerprint density at radius 2 is 2.09 bits per heavy atom. The van der Waals surface area contributed by atoms with E-state index in [9.17, 15) is 4.79 Å². The van der Waals surface area contributed by atoms with Crippen LogP contribution in [0.2, 0.25) is 0 Å². The molecule has 2 rings (SSSR count).